The number of anilines is 1. The number of nitrogens with one attached hydrogen (secondary N) is 1. The molecule has 1 aromatic rings. The lowest BCUT2D eigenvalue weighted by atomic mass is 9.97. The molecule has 1 atom stereocenters. The zero-order valence-electron chi connectivity index (χ0n) is 11.9. The first kappa shape index (κ1) is 16.9. The molecule has 0 saturated heterocycles. The number of hydrogen-bond acceptors (Lipinski definition) is 4. The lowest BCUT2D eigenvalue weighted by molar-refractivity contribution is 0.233. The van der Waals surface area contributed by atoms with Gasteiger partial charge < -0.3 is 10.8 Å². The zero-order valence-corrected chi connectivity index (χ0v) is 12.7. The van der Waals surface area contributed by atoms with E-state index in [9.17, 15) is 12.8 Å². The number of sulfonamides is 1. The summed E-state index contributed by atoms with van der Waals surface area (Å²) >= 11 is 0. The van der Waals surface area contributed by atoms with Crippen LogP contribution in [0.25, 0.3) is 0 Å². The highest BCUT2D eigenvalue weighted by Crippen LogP contribution is 2.23. The standard InChI is InChI=1S/C13H21FN2O3S/c1-4-13(3,5-6-17)16-20(18,19)10-7-11(14)9(2)12(15)8-10/h7-8,16-17H,4-6,15H2,1-3H3. The minimum atomic E-state index is -3.90. The molecule has 5 nitrogen and oxygen atoms in total. The minimum absolute atomic E-state index is 0.0886. The molecule has 1 unspecified atom stereocenters. The Balaban J connectivity index is 3.18. The predicted octanol–water partition coefficient (Wildman–Crippen LogP) is 1.55. The molecule has 1 aromatic carbocycles. The fourth-order valence-electron chi connectivity index (χ4n) is 1.76. The Morgan fingerprint density at radius 3 is 2.50 bits per heavy atom. The van der Waals surface area contributed by atoms with E-state index in [1.165, 1.54) is 13.0 Å². The van der Waals surface area contributed by atoms with Gasteiger partial charge in [-0.2, -0.15) is 0 Å². The molecule has 4 N–H and O–H groups in total. The van der Waals surface area contributed by atoms with Gasteiger partial charge in [-0.1, -0.05) is 6.92 Å². The van der Waals surface area contributed by atoms with E-state index in [2.05, 4.69) is 4.72 Å². The van der Waals surface area contributed by atoms with Crippen LogP contribution in [0.5, 0.6) is 0 Å². The van der Waals surface area contributed by atoms with Gasteiger partial charge in [0.25, 0.3) is 0 Å². The van der Waals surface area contributed by atoms with Crippen LogP contribution < -0.4 is 10.5 Å². The average Bonchev–Trinajstić information content (AvgIpc) is 2.35. The smallest absolute Gasteiger partial charge is 0.241 e. The first-order valence-corrected chi connectivity index (χ1v) is 7.84. The summed E-state index contributed by atoms with van der Waals surface area (Å²) in [5, 5.41) is 9.01. The molecule has 114 valence electrons. The first-order chi connectivity index (χ1) is 9.15. The van der Waals surface area contributed by atoms with Gasteiger partial charge in [-0.25, -0.2) is 17.5 Å². The van der Waals surface area contributed by atoms with Crippen molar-refractivity contribution in [1.29, 1.82) is 0 Å². The summed E-state index contributed by atoms with van der Waals surface area (Å²) in [6.45, 7) is 4.84. The topological polar surface area (TPSA) is 92.4 Å². The van der Waals surface area contributed by atoms with Gasteiger partial charge >= 0.3 is 0 Å². The summed E-state index contributed by atoms with van der Waals surface area (Å²) in [4.78, 5) is -0.212. The second-order valence-corrected chi connectivity index (χ2v) is 6.80. The van der Waals surface area contributed by atoms with Crippen LogP contribution in [0.4, 0.5) is 10.1 Å². The Kier molecular flexibility index (Phi) is 5.12. The quantitative estimate of drug-likeness (QED) is 0.695. The van der Waals surface area contributed by atoms with Gasteiger partial charge in [0, 0.05) is 23.4 Å². The van der Waals surface area contributed by atoms with Gasteiger partial charge in [-0.05, 0) is 38.8 Å². The average molecular weight is 304 g/mol. The Hall–Kier alpha value is -1.18. The van der Waals surface area contributed by atoms with Gasteiger partial charge in [0.2, 0.25) is 10.0 Å². The van der Waals surface area contributed by atoms with Crippen LogP contribution >= 0.6 is 0 Å². The van der Waals surface area contributed by atoms with Gasteiger partial charge in [-0.15, -0.1) is 0 Å². The highest BCUT2D eigenvalue weighted by atomic mass is 32.2. The molecule has 0 spiro atoms. The van der Waals surface area contributed by atoms with Crippen molar-refractivity contribution in [2.45, 2.75) is 44.0 Å². The molecule has 0 fully saturated rings. The van der Waals surface area contributed by atoms with E-state index in [4.69, 9.17) is 10.8 Å². The molecule has 0 aliphatic rings. The van der Waals surface area contributed by atoms with Crippen molar-refractivity contribution in [2.24, 2.45) is 0 Å². The number of hydrogen-bond donors (Lipinski definition) is 3. The van der Waals surface area contributed by atoms with E-state index in [1.807, 2.05) is 6.92 Å². The Bertz CT molecular complexity index is 566. The number of aliphatic hydroxyl groups excluding tert-OH is 1. The molecule has 0 saturated carbocycles. The number of benzene rings is 1. The molecule has 0 heterocycles. The summed E-state index contributed by atoms with van der Waals surface area (Å²) in [7, 11) is -3.90. The summed E-state index contributed by atoms with van der Waals surface area (Å²) in [5.41, 5.74) is 5.12. The minimum Gasteiger partial charge on any atom is -0.398 e. The van der Waals surface area contributed by atoms with E-state index in [1.54, 1.807) is 6.92 Å². The molecule has 0 bridgehead atoms. The van der Waals surface area contributed by atoms with Crippen molar-refractivity contribution < 1.29 is 17.9 Å². The summed E-state index contributed by atoms with van der Waals surface area (Å²) in [6, 6.07) is 2.18. The Morgan fingerprint density at radius 2 is 2.05 bits per heavy atom. The van der Waals surface area contributed by atoms with Crippen molar-refractivity contribution in [2.75, 3.05) is 12.3 Å². The SMILES string of the molecule is CCC(C)(CCO)NS(=O)(=O)c1cc(N)c(C)c(F)c1. The molecule has 7 heteroatoms. The van der Waals surface area contributed by atoms with Crippen LogP contribution in [0.1, 0.15) is 32.3 Å². The second-order valence-electron chi connectivity index (χ2n) is 5.11. The predicted molar refractivity (Wildman–Crippen MR) is 76.3 cm³/mol. The Labute approximate surface area is 119 Å². The van der Waals surface area contributed by atoms with Crippen LogP contribution in [0.2, 0.25) is 0 Å². The number of aliphatic hydroxyl groups is 1. The highest BCUT2D eigenvalue weighted by molar-refractivity contribution is 7.89. The third kappa shape index (κ3) is 3.68. The van der Waals surface area contributed by atoms with Crippen LogP contribution in [0.15, 0.2) is 17.0 Å². The third-order valence-electron chi connectivity index (χ3n) is 3.49. The molecule has 0 aromatic heterocycles. The maximum Gasteiger partial charge on any atom is 0.241 e. The molecule has 0 aliphatic carbocycles. The van der Waals surface area contributed by atoms with Crippen LogP contribution in [-0.2, 0) is 10.0 Å². The van der Waals surface area contributed by atoms with Crippen molar-refractivity contribution >= 4 is 15.7 Å². The van der Waals surface area contributed by atoms with Crippen LogP contribution in [0, 0.1) is 12.7 Å². The summed E-state index contributed by atoms with van der Waals surface area (Å²) in [6.07, 6.45) is 0.767. The lowest BCUT2D eigenvalue weighted by Crippen LogP contribution is -2.46. The van der Waals surface area contributed by atoms with Crippen molar-refractivity contribution in [1.82, 2.24) is 4.72 Å². The van der Waals surface area contributed by atoms with E-state index < -0.39 is 21.4 Å². The van der Waals surface area contributed by atoms with Gasteiger partial charge in [0.1, 0.15) is 5.82 Å². The van der Waals surface area contributed by atoms with E-state index in [-0.39, 0.29) is 29.2 Å². The number of nitrogen functional groups attached to an aromatic ring is 1. The van der Waals surface area contributed by atoms with E-state index in [0.29, 0.717) is 6.42 Å². The first-order valence-electron chi connectivity index (χ1n) is 6.35. The summed E-state index contributed by atoms with van der Waals surface area (Å²) in [5.74, 6) is -0.661. The maximum atomic E-state index is 13.6. The number of halogens is 1. The Morgan fingerprint density at radius 1 is 1.45 bits per heavy atom. The fourth-order valence-corrected chi connectivity index (χ4v) is 3.31. The van der Waals surface area contributed by atoms with Crippen molar-refractivity contribution in [3.63, 3.8) is 0 Å². The van der Waals surface area contributed by atoms with Gasteiger partial charge in [-0.3, -0.25) is 0 Å². The van der Waals surface area contributed by atoms with Crippen molar-refractivity contribution in [3.05, 3.63) is 23.5 Å². The monoisotopic (exact) mass is 304 g/mol. The second kappa shape index (κ2) is 6.07. The molecule has 20 heavy (non-hydrogen) atoms. The van der Waals surface area contributed by atoms with Crippen LogP contribution in [0.3, 0.4) is 0 Å². The molecular weight excluding hydrogens is 283 g/mol. The zero-order chi connectivity index (χ0) is 15.6. The van der Waals surface area contributed by atoms with E-state index in [0.717, 1.165) is 6.07 Å². The molecule has 1 rings (SSSR count). The lowest BCUT2D eigenvalue weighted by Gasteiger charge is -2.28. The number of rotatable bonds is 6. The maximum absolute atomic E-state index is 13.6. The molecule has 0 radical (unpaired) electrons. The van der Waals surface area contributed by atoms with Gasteiger partial charge in [0.05, 0.1) is 4.90 Å². The van der Waals surface area contributed by atoms with Gasteiger partial charge in [0.15, 0.2) is 0 Å². The van der Waals surface area contributed by atoms with Crippen molar-refractivity contribution in [3.8, 4) is 0 Å². The third-order valence-corrected chi connectivity index (χ3v) is 5.11. The molecule has 0 amide bonds. The van der Waals surface area contributed by atoms with E-state index >= 15 is 0 Å². The largest absolute Gasteiger partial charge is 0.398 e. The highest BCUT2D eigenvalue weighted by Gasteiger charge is 2.29. The molecule has 0 aliphatic heterocycles. The number of nitrogens with two attached hydrogens (primary N) is 1. The fraction of sp³-hybridized carbons (Fsp3) is 0.538. The summed E-state index contributed by atoms with van der Waals surface area (Å²) < 4.78 is 40.7. The normalized spacial score (nSPS) is 15.1. The van der Waals surface area contributed by atoms with Crippen LogP contribution in [-0.4, -0.2) is 25.7 Å². The molecular formula is C13H21FN2O3S.